The minimum atomic E-state index is -3.62. The molecule has 5 nitrogen and oxygen atoms in total. The van der Waals surface area contributed by atoms with Crippen molar-refractivity contribution in [2.24, 2.45) is 0 Å². The largest absolute Gasteiger partial charge is 0.354 e. The zero-order valence-electron chi connectivity index (χ0n) is 13.9. The molecular formula is C19H18N2O3S2. The van der Waals surface area contributed by atoms with E-state index in [2.05, 4.69) is 10.3 Å². The molecular weight excluding hydrogens is 368 g/mol. The van der Waals surface area contributed by atoms with Crippen molar-refractivity contribution in [3.63, 3.8) is 0 Å². The summed E-state index contributed by atoms with van der Waals surface area (Å²) in [7, 11) is -3.62. The zero-order chi connectivity index (χ0) is 18.4. The van der Waals surface area contributed by atoms with Crippen LogP contribution in [0.25, 0.3) is 0 Å². The number of nitrogens with one attached hydrogen (secondary N) is 1. The van der Waals surface area contributed by atoms with Gasteiger partial charge in [0, 0.05) is 18.9 Å². The van der Waals surface area contributed by atoms with Crippen molar-refractivity contribution in [2.75, 3.05) is 6.54 Å². The average molecular weight is 386 g/mol. The third-order valence-corrected chi connectivity index (χ3v) is 7.43. The Morgan fingerprint density at radius 3 is 2.54 bits per heavy atom. The Bertz CT molecular complexity index is 941. The molecule has 1 amide bonds. The summed E-state index contributed by atoms with van der Waals surface area (Å²) in [6.45, 7) is -0.00239. The van der Waals surface area contributed by atoms with Crippen LogP contribution in [0.15, 0.2) is 76.6 Å². The topological polar surface area (TPSA) is 76.1 Å². The number of amides is 1. The van der Waals surface area contributed by atoms with Gasteiger partial charge in [-0.1, -0.05) is 42.5 Å². The summed E-state index contributed by atoms with van der Waals surface area (Å²) in [5.74, 6) is -0.216. The van der Waals surface area contributed by atoms with E-state index < -0.39 is 15.1 Å². The SMILES string of the molecule is O=C(Cc1ccccc1)NC[C@H](c1cccnc1)S(=O)(=O)c1cccs1. The molecule has 0 aliphatic heterocycles. The molecule has 1 atom stereocenters. The first kappa shape index (κ1) is 18.3. The Balaban J connectivity index is 1.78. The Hall–Kier alpha value is -2.51. The van der Waals surface area contributed by atoms with Crippen LogP contribution < -0.4 is 5.32 Å². The van der Waals surface area contributed by atoms with Crippen molar-refractivity contribution < 1.29 is 13.2 Å². The Kier molecular flexibility index (Phi) is 5.80. The average Bonchev–Trinajstić information content (AvgIpc) is 3.19. The maximum Gasteiger partial charge on any atom is 0.224 e. The minimum Gasteiger partial charge on any atom is -0.354 e. The number of rotatable bonds is 7. The van der Waals surface area contributed by atoms with Gasteiger partial charge in [-0.15, -0.1) is 11.3 Å². The van der Waals surface area contributed by atoms with Crippen LogP contribution in [0.1, 0.15) is 16.4 Å². The number of pyridine rings is 1. The van der Waals surface area contributed by atoms with Crippen LogP contribution in [0.4, 0.5) is 0 Å². The molecule has 0 saturated carbocycles. The number of benzene rings is 1. The molecule has 3 aromatic rings. The molecule has 0 radical (unpaired) electrons. The number of sulfone groups is 1. The van der Waals surface area contributed by atoms with Gasteiger partial charge in [0.15, 0.2) is 9.84 Å². The monoisotopic (exact) mass is 386 g/mol. The van der Waals surface area contributed by atoms with Gasteiger partial charge in [0.2, 0.25) is 5.91 Å². The highest BCUT2D eigenvalue weighted by molar-refractivity contribution is 7.93. The first-order valence-electron chi connectivity index (χ1n) is 8.05. The van der Waals surface area contributed by atoms with Crippen molar-refractivity contribution in [1.82, 2.24) is 10.3 Å². The summed E-state index contributed by atoms with van der Waals surface area (Å²) >= 11 is 1.17. The van der Waals surface area contributed by atoms with Crippen molar-refractivity contribution in [2.45, 2.75) is 15.9 Å². The third-order valence-electron chi connectivity index (χ3n) is 3.90. The van der Waals surface area contributed by atoms with Crippen LogP contribution in [-0.2, 0) is 21.1 Å². The first-order chi connectivity index (χ1) is 12.6. The molecule has 0 bridgehead atoms. The molecule has 1 N–H and O–H groups in total. The van der Waals surface area contributed by atoms with Crippen LogP contribution in [-0.4, -0.2) is 25.9 Å². The zero-order valence-corrected chi connectivity index (χ0v) is 15.5. The van der Waals surface area contributed by atoms with E-state index in [-0.39, 0.29) is 23.1 Å². The molecule has 0 aliphatic carbocycles. The van der Waals surface area contributed by atoms with Crippen molar-refractivity contribution in [3.8, 4) is 0 Å². The molecule has 3 rings (SSSR count). The van der Waals surface area contributed by atoms with Gasteiger partial charge >= 0.3 is 0 Å². The molecule has 0 spiro atoms. The maximum atomic E-state index is 13.0. The Labute approximate surface area is 156 Å². The summed E-state index contributed by atoms with van der Waals surface area (Å²) < 4.78 is 26.3. The van der Waals surface area contributed by atoms with Gasteiger partial charge in [0.05, 0.1) is 6.42 Å². The molecule has 0 saturated heterocycles. The van der Waals surface area contributed by atoms with E-state index in [1.54, 1.807) is 35.8 Å². The smallest absolute Gasteiger partial charge is 0.224 e. The third kappa shape index (κ3) is 4.36. The molecule has 134 valence electrons. The van der Waals surface area contributed by atoms with E-state index >= 15 is 0 Å². The lowest BCUT2D eigenvalue weighted by Crippen LogP contribution is -2.32. The van der Waals surface area contributed by atoms with Gasteiger partial charge in [-0.2, -0.15) is 0 Å². The fraction of sp³-hybridized carbons (Fsp3) is 0.158. The summed E-state index contributed by atoms with van der Waals surface area (Å²) in [5.41, 5.74) is 1.44. The molecule has 0 unspecified atom stereocenters. The molecule has 0 aliphatic rings. The number of hydrogen-bond acceptors (Lipinski definition) is 5. The van der Waals surface area contributed by atoms with E-state index in [4.69, 9.17) is 0 Å². The second-order valence-corrected chi connectivity index (χ2v) is 9.02. The van der Waals surface area contributed by atoms with Crippen molar-refractivity contribution in [1.29, 1.82) is 0 Å². The number of nitrogens with zero attached hydrogens (tertiary/aromatic N) is 1. The Morgan fingerprint density at radius 2 is 1.88 bits per heavy atom. The lowest BCUT2D eigenvalue weighted by atomic mass is 10.1. The van der Waals surface area contributed by atoms with Crippen molar-refractivity contribution in [3.05, 3.63) is 83.5 Å². The summed E-state index contributed by atoms with van der Waals surface area (Å²) in [6, 6.07) is 16.0. The predicted octanol–water partition coefficient (Wildman–Crippen LogP) is 3.02. The van der Waals surface area contributed by atoms with Crippen LogP contribution in [0.3, 0.4) is 0 Å². The second kappa shape index (κ2) is 8.25. The van der Waals surface area contributed by atoms with Crippen LogP contribution in [0, 0.1) is 0 Å². The van der Waals surface area contributed by atoms with Crippen molar-refractivity contribution >= 4 is 27.1 Å². The fourth-order valence-electron chi connectivity index (χ4n) is 2.59. The highest BCUT2D eigenvalue weighted by Crippen LogP contribution is 2.30. The van der Waals surface area contributed by atoms with Gasteiger partial charge < -0.3 is 5.32 Å². The van der Waals surface area contributed by atoms with Gasteiger partial charge in [0.25, 0.3) is 0 Å². The van der Waals surface area contributed by atoms with Crippen LogP contribution in [0.2, 0.25) is 0 Å². The fourth-order valence-corrected chi connectivity index (χ4v) is 5.44. The molecule has 0 fully saturated rings. The molecule has 7 heteroatoms. The van der Waals surface area contributed by atoms with Crippen LogP contribution >= 0.6 is 11.3 Å². The lowest BCUT2D eigenvalue weighted by molar-refractivity contribution is -0.120. The molecule has 26 heavy (non-hydrogen) atoms. The summed E-state index contributed by atoms with van der Waals surface area (Å²) in [4.78, 5) is 16.3. The first-order valence-corrected chi connectivity index (χ1v) is 10.5. The number of carbonyl (C=O) groups excluding carboxylic acids is 1. The van der Waals surface area contributed by atoms with E-state index in [0.717, 1.165) is 5.56 Å². The lowest BCUT2D eigenvalue weighted by Gasteiger charge is -2.18. The van der Waals surface area contributed by atoms with Gasteiger partial charge in [-0.3, -0.25) is 9.78 Å². The van der Waals surface area contributed by atoms with E-state index in [1.807, 2.05) is 30.3 Å². The summed E-state index contributed by atoms with van der Waals surface area (Å²) in [6.07, 6.45) is 3.32. The number of hydrogen-bond donors (Lipinski definition) is 1. The van der Waals surface area contributed by atoms with Gasteiger partial charge in [-0.25, -0.2) is 8.42 Å². The highest BCUT2D eigenvalue weighted by Gasteiger charge is 2.30. The number of aromatic nitrogens is 1. The highest BCUT2D eigenvalue weighted by atomic mass is 32.2. The standard InChI is InChI=1S/C19H18N2O3S2/c22-18(12-15-6-2-1-3-7-15)21-14-17(16-8-4-10-20-13-16)26(23,24)19-9-5-11-25-19/h1-11,13,17H,12,14H2,(H,21,22)/t17-/m1/s1. The van der Waals surface area contributed by atoms with Crippen LogP contribution in [0.5, 0.6) is 0 Å². The van der Waals surface area contributed by atoms with E-state index in [1.165, 1.54) is 17.5 Å². The maximum absolute atomic E-state index is 13.0. The minimum absolute atomic E-state index is 0.00239. The quantitative estimate of drug-likeness (QED) is 0.677. The molecule has 2 aromatic heterocycles. The summed E-state index contributed by atoms with van der Waals surface area (Å²) in [5, 5.41) is 3.60. The second-order valence-electron chi connectivity index (χ2n) is 5.72. The van der Waals surface area contributed by atoms with E-state index in [0.29, 0.717) is 5.56 Å². The molecule has 1 aromatic carbocycles. The number of carbonyl (C=O) groups is 1. The normalized spacial score (nSPS) is 12.5. The van der Waals surface area contributed by atoms with Gasteiger partial charge in [-0.05, 0) is 28.6 Å². The Morgan fingerprint density at radius 1 is 1.08 bits per heavy atom. The van der Waals surface area contributed by atoms with Gasteiger partial charge in [0.1, 0.15) is 9.46 Å². The van der Waals surface area contributed by atoms with E-state index in [9.17, 15) is 13.2 Å². The number of thiophene rings is 1. The molecule has 2 heterocycles. The predicted molar refractivity (Wildman–Crippen MR) is 102 cm³/mol.